The fraction of sp³-hybridized carbons (Fsp3) is 0.714. The second-order valence-electron chi connectivity index (χ2n) is 6.45. The highest BCUT2D eigenvalue weighted by molar-refractivity contribution is 5.85. The van der Waals surface area contributed by atoms with Gasteiger partial charge in [-0.2, -0.15) is 0 Å². The first kappa shape index (κ1) is 11.5. The van der Waals surface area contributed by atoms with E-state index >= 15 is 0 Å². The van der Waals surface area contributed by atoms with Crippen LogP contribution in [0.3, 0.4) is 0 Å². The Morgan fingerprint density at radius 1 is 1.42 bits per heavy atom. The molecule has 0 bridgehead atoms. The Balaban J connectivity index is 1.81. The summed E-state index contributed by atoms with van der Waals surface area (Å²) in [5.41, 5.74) is -1.71. The molecule has 6 atom stereocenters. The first-order valence-corrected chi connectivity index (χ1v) is 6.78. The molecule has 2 heterocycles. The van der Waals surface area contributed by atoms with E-state index in [2.05, 4.69) is 0 Å². The van der Waals surface area contributed by atoms with Crippen molar-refractivity contribution < 1.29 is 24.2 Å². The van der Waals surface area contributed by atoms with Gasteiger partial charge in [-0.05, 0) is 25.8 Å². The van der Waals surface area contributed by atoms with Crippen LogP contribution in [0.1, 0.15) is 26.2 Å². The lowest BCUT2D eigenvalue weighted by atomic mass is 9.63. The average molecular weight is 264 g/mol. The molecular weight excluding hydrogens is 248 g/mol. The SMILES string of the molecule is C[C@]1(O)C[C@H]2OC(=O)[C@H]3CC[C@]4(C=CC(=O)O4)[C@@H]1[C@H]32. The van der Waals surface area contributed by atoms with Crippen LogP contribution in [0, 0.1) is 17.8 Å². The predicted octanol–water partition coefficient (Wildman–Crippen LogP) is 0.561. The number of rotatable bonds is 0. The summed E-state index contributed by atoms with van der Waals surface area (Å²) in [6, 6.07) is 0. The van der Waals surface area contributed by atoms with Crippen molar-refractivity contribution in [2.75, 3.05) is 0 Å². The minimum Gasteiger partial charge on any atom is -0.462 e. The molecule has 0 amide bonds. The minimum atomic E-state index is -0.969. The van der Waals surface area contributed by atoms with Crippen LogP contribution < -0.4 is 0 Å². The molecule has 4 rings (SSSR count). The monoisotopic (exact) mass is 264 g/mol. The molecule has 0 unspecified atom stereocenters. The Morgan fingerprint density at radius 2 is 2.21 bits per heavy atom. The lowest BCUT2D eigenvalue weighted by molar-refractivity contribution is -0.170. The van der Waals surface area contributed by atoms with Gasteiger partial charge in [-0.1, -0.05) is 0 Å². The molecular formula is C14H16O5. The highest BCUT2D eigenvalue weighted by Crippen LogP contribution is 2.60. The molecule has 3 fully saturated rings. The third-order valence-corrected chi connectivity index (χ3v) is 5.30. The maximum absolute atomic E-state index is 11.8. The average Bonchev–Trinajstić information content (AvgIpc) is 2.89. The molecule has 0 aromatic rings. The molecule has 102 valence electrons. The van der Waals surface area contributed by atoms with Crippen molar-refractivity contribution in [2.24, 2.45) is 17.8 Å². The molecule has 0 aromatic carbocycles. The van der Waals surface area contributed by atoms with Crippen LogP contribution in [0.25, 0.3) is 0 Å². The van der Waals surface area contributed by atoms with Crippen LogP contribution in [-0.4, -0.2) is 34.4 Å². The third kappa shape index (κ3) is 1.29. The van der Waals surface area contributed by atoms with Crippen molar-refractivity contribution in [3.05, 3.63) is 12.2 Å². The summed E-state index contributed by atoms with van der Waals surface area (Å²) in [5.74, 6) is -0.950. The van der Waals surface area contributed by atoms with E-state index in [1.807, 2.05) is 0 Å². The number of carbonyl (C=O) groups excluding carboxylic acids is 2. The smallest absolute Gasteiger partial charge is 0.331 e. The predicted molar refractivity (Wildman–Crippen MR) is 62.8 cm³/mol. The Morgan fingerprint density at radius 3 is 2.89 bits per heavy atom. The maximum atomic E-state index is 11.8. The summed E-state index contributed by atoms with van der Waals surface area (Å²) in [6.07, 6.45) is 4.64. The van der Waals surface area contributed by atoms with Crippen LogP contribution in [0.5, 0.6) is 0 Å². The molecule has 2 saturated carbocycles. The van der Waals surface area contributed by atoms with Gasteiger partial charge in [0.05, 0.1) is 11.5 Å². The topological polar surface area (TPSA) is 72.8 Å². The molecule has 19 heavy (non-hydrogen) atoms. The summed E-state index contributed by atoms with van der Waals surface area (Å²) in [6.45, 7) is 1.76. The second kappa shape index (κ2) is 3.20. The largest absolute Gasteiger partial charge is 0.462 e. The van der Waals surface area contributed by atoms with Crippen LogP contribution in [0.2, 0.25) is 0 Å². The molecule has 1 spiro atoms. The van der Waals surface area contributed by atoms with Gasteiger partial charge >= 0.3 is 11.9 Å². The summed E-state index contributed by atoms with van der Waals surface area (Å²) in [5, 5.41) is 10.7. The first-order chi connectivity index (χ1) is 8.93. The van der Waals surface area contributed by atoms with E-state index < -0.39 is 11.2 Å². The number of ether oxygens (including phenoxy) is 2. The second-order valence-corrected chi connectivity index (χ2v) is 6.45. The molecule has 4 aliphatic rings. The molecule has 2 aliphatic carbocycles. The number of carbonyl (C=O) groups is 2. The Hall–Kier alpha value is -1.36. The van der Waals surface area contributed by atoms with E-state index in [-0.39, 0.29) is 35.8 Å². The summed E-state index contributed by atoms with van der Waals surface area (Å²) in [7, 11) is 0. The van der Waals surface area contributed by atoms with Crippen molar-refractivity contribution in [2.45, 2.75) is 43.5 Å². The van der Waals surface area contributed by atoms with Crippen LogP contribution >= 0.6 is 0 Å². The van der Waals surface area contributed by atoms with E-state index in [9.17, 15) is 14.7 Å². The van der Waals surface area contributed by atoms with Gasteiger partial charge in [0.2, 0.25) is 0 Å². The highest BCUT2D eigenvalue weighted by atomic mass is 16.6. The number of aliphatic hydroxyl groups is 1. The summed E-state index contributed by atoms with van der Waals surface area (Å²) < 4.78 is 10.9. The number of hydrogen-bond acceptors (Lipinski definition) is 5. The van der Waals surface area contributed by atoms with Gasteiger partial charge < -0.3 is 14.6 Å². The lowest BCUT2D eigenvalue weighted by Gasteiger charge is -2.46. The van der Waals surface area contributed by atoms with E-state index in [1.54, 1.807) is 13.0 Å². The first-order valence-electron chi connectivity index (χ1n) is 6.78. The maximum Gasteiger partial charge on any atom is 0.331 e. The zero-order chi connectivity index (χ0) is 13.4. The fourth-order valence-corrected chi connectivity index (χ4v) is 4.77. The van der Waals surface area contributed by atoms with Gasteiger partial charge in [-0.25, -0.2) is 4.79 Å². The highest BCUT2D eigenvalue weighted by Gasteiger charge is 2.69. The molecule has 1 N–H and O–H groups in total. The summed E-state index contributed by atoms with van der Waals surface area (Å²) >= 11 is 0. The normalized spacial score (nSPS) is 54.4. The molecule has 1 saturated heterocycles. The molecule has 5 heteroatoms. The Labute approximate surface area is 110 Å². The molecule has 0 aromatic heterocycles. The number of esters is 2. The lowest BCUT2D eigenvalue weighted by Crippen LogP contribution is -2.54. The van der Waals surface area contributed by atoms with Crippen molar-refractivity contribution in [1.82, 2.24) is 0 Å². The van der Waals surface area contributed by atoms with Crippen LogP contribution in [0.15, 0.2) is 12.2 Å². The van der Waals surface area contributed by atoms with Gasteiger partial charge in [-0.15, -0.1) is 0 Å². The third-order valence-electron chi connectivity index (χ3n) is 5.30. The standard InChI is InChI=1S/C14H16O5/c1-13(17)6-8-10-7(12(16)18-8)2-4-14(11(10)13)5-3-9(15)19-14/h3,5,7-8,10-11,17H,2,4,6H2,1H3/t7-,8+,10+,11+,13-,14-/m0/s1. The number of fused-ring (bicyclic) bond motifs is 1. The van der Waals surface area contributed by atoms with E-state index in [1.165, 1.54) is 6.08 Å². The van der Waals surface area contributed by atoms with Gasteiger partial charge in [0.15, 0.2) is 0 Å². The number of hydrogen-bond donors (Lipinski definition) is 1. The van der Waals surface area contributed by atoms with Crippen molar-refractivity contribution in [3.63, 3.8) is 0 Å². The van der Waals surface area contributed by atoms with Gasteiger partial charge in [-0.3, -0.25) is 4.79 Å². The molecule has 0 radical (unpaired) electrons. The zero-order valence-electron chi connectivity index (χ0n) is 10.7. The van der Waals surface area contributed by atoms with E-state index in [4.69, 9.17) is 9.47 Å². The van der Waals surface area contributed by atoms with Crippen LogP contribution in [0.4, 0.5) is 0 Å². The van der Waals surface area contributed by atoms with Gasteiger partial charge in [0.1, 0.15) is 11.7 Å². The summed E-state index contributed by atoms with van der Waals surface area (Å²) in [4.78, 5) is 23.3. The van der Waals surface area contributed by atoms with Gasteiger partial charge in [0.25, 0.3) is 0 Å². The quantitative estimate of drug-likeness (QED) is 0.647. The van der Waals surface area contributed by atoms with Gasteiger partial charge in [0, 0.05) is 24.3 Å². The fourth-order valence-electron chi connectivity index (χ4n) is 4.77. The molecule has 5 nitrogen and oxygen atoms in total. The van der Waals surface area contributed by atoms with E-state index in [0.717, 1.165) is 0 Å². The zero-order valence-corrected chi connectivity index (χ0v) is 10.7. The van der Waals surface area contributed by atoms with E-state index in [0.29, 0.717) is 19.3 Å². The Bertz CT molecular complexity index is 508. The molecule has 2 aliphatic heterocycles. The van der Waals surface area contributed by atoms with Crippen molar-refractivity contribution in [1.29, 1.82) is 0 Å². The van der Waals surface area contributed by atoms with Crippen molar-refractivity contribution in [3.8, 4) is 0 Å². The minimum absolute atomic E-state index is 0.0354. The van der Waals surface area contributed by atoms with Crippen molar-refractivity contribution >= 4 is 11.9 Å². The Kier molecular flexibility index (Phi) is 1.93. The van der Waals surface area contributed by atoms with Crippen LogP contribution in [-0.2, 0) is 19.1 Å².